The number of methoxy groups -OCH3 is 1. The predicted molar refractivity (Wildman–Crippen MR) is 104 cm³/mol. The van der Waals surface area contributed by atoms with Gasteiger partial charge in [0.2, 0.25) is 7.29 Å². The molecule has 0 heterocycles. The minimum atomic E-state index is -2.96. The number of benzene rings is 3. The van der Waals surface area contributed by atoms with Crippen molar-refractivity contribution in [2.24, 2.45) is 0 Å². The lowest BCUT2D eigenvalue weighted by Gasteiger charge is -2.25. The van der Waals surface area contributed by atoms with E-state index in [1.807, 2.05) is 91.9 Å². The summed E-state index contributed by atoms with van der Waals surface area (Å²) in [7, 11) is -1.31. The van der Waals surface area contributed by atoms with Crippen molar-refractivity contribution in [2.75, 3.05) is 7.11 Å². The number of hydrogen-bond donors (Lipinski definition) is 1. The van der Waals surface area contributed by atoms with Crippen LogP contribution in [0.5, 0.6) is 5.75 Å². The maximum atomic E-state index is 14.0. The lowest BCUT2D eigenvalue weighted by molar-refractivity contribution is 0.413. The summed E-state index contributed by atoms with van der Waals surface area (Å²) in [4.78, 5) is 0. The molecular weight excluding hydrogens is 329 g/mol. The van der Waals surface area contributed by atoms with Crippen LogP contribution >= 0.6 is 7.29 Å². The summed E-state index contributed by atoms with van der Waals surface area (Å²) in [6.07, 6.45) is 0. The van der Waals surface area contributed by atoms with E-state index in [4.69, 9.17) is 4.74 Å². The van der Waals surface area contributed by atoms with Crippen molar-refractivity contribution in [3.63, 3.8) is 0 Å². The van der Waals surface area contributed by atoms with E-state index < -0.39 is 7.29 Å². The van der Waals surface area contributed by atoms with Gasteiger partial charge in [-0.25, -0.2) is 0 Å². The van der Waals surface area contributed by atoms with Crippen LogP contribution in [0.25, 0.3) is 0 Å². The molecular formula is C21H22NO2P. The Kier molecular flexibility index (Phi) is 5.37. The summed E-state index contributed by atoms with van der Waals surface area (Å²) in [6, 6.07) is 27.0. The van der Waals surface area contributed by atoms with Crippen LogP contribution < -0.4 is 20.4 Å². The first-order valence-corrected chi connectivity index (χ1v) is 9.97. The number of rotatable bonds is 6. The summed E-state index contributed by atoms with van der Waals surface area (Å²) in [5.41, 5.74) is 1.03. The topological polar surface area (TPSA) is 38.3 Å². The van der Waals surface area contributed by atoms with Crippen molar-refractivity contribution in [1.82, 2.24) is 5.09 Å². The van der Waals surface area contributed by atoms with Gasteiger partial charge in [0.25, 0.3) is 0 Å². The standard InChI is InChI=1S/C21H22NO2P/c1-17(18-10-9-11-19(16-18)24-2)22-25(23,20-12-5-3-6-13-20)21-14-7-4-8-15-21/h3-17H,1-2H3,(H,22,23)/t17-/m1/s1. The van der Waals surface area contributed by atoms with Gasteiger partial charge in [0.1, 0.15) is 5.75 Å². The van der Waals surface area contributed by atoms with E-state index >= 15 is 0 Å². The van der Waals surface area contributed by atoms with Gasteiger partial charge in [0.15, 0.2) is 0 Å². The van der Waals surface area contributed by atoms with Crippen molar-refractivity contribution in [1.29, 1.82) is 0 Å². The second-order valence-corrected chi connectivity index (χ2v) is 8.42. The lowest BCUT2D eigenvalue weighted by Crippen LogP contribution is -2.29. The minimum Gasteiger partial charge on any atom is -0.497 e. The molecule has 0 aliphatic rings. The summed E-state index contributed by atoms with van der Waals surface area (Å²) in [5, 5.41) is 5.00. The fourth-order valence-electron chi connectivity index (χ4n) is 2.83. The van der Waals surface area contributed by atoms with E-state index in [9.17, 15) is 4.57 Å². The molecule has 0 radical (unpaired) electrons. The Labute approximate surface area is 149 Å². The molecule has 128 valence electrons. The maximum absolute atomic E-state index is 14.0. The Morgan fingerprint density at radius 2 is 1.40 bits per heavy atom. The molecule has 0 fully saturated rings. The van der Waals surface area contributed by atoms with Gasteiger partial charge >= 0.3 is 0 Å². The third-order valence-corrected chi connectivity index (χ3v) is 7.01. The van der Waals surface area contributed by atoms with Crippen molar-refractivity contribution in [2.45, 2.75) is 13.0 Å². The highest BCUT2D eigenvalue weighted by molar-refractivity contribution is 7.76. The third kappa shape index (κ3) is 3.84. The van der Waals surface area contributed by atoms with Gasteiger partial charge < -0.3 is 4.74 Å². The summed E-state index contributed by atoms with van der Waals surface area (Å²) in [6.45, 7) is 2.02. The van der Waals surface area contributed by atoms with Gasteiger partial charge in [-0.3, -0.25) is 9.65 Å². The molecule has 0 bridgehead atoms. The Balaban J connectivity index is 2.00. The van der Waals surface area contributed by atoms with Gasteiger partial charge in [0.05, 0.1) is 7.11 Å². The summed E-state index contributed by atoms with van der Waals surface area (Å²) < 4.78 is 19.3. The average molecular weight is 351 g/mol. The van der Waals surface area contributed by atoms with Crippen LogP contribution in [-0.2, 0) is 4.57 Å². The molecule has 4 heteroatoms. The van der Waals surface area contributed by atoms with Gasteiger partial charge in [-0.05, 0) is 48.9 Å². The Morgan fingerprint density at radius 1 is 0.840 bits per heavy atom. The average Bonchev–Trinajstić information content (AvgIpc) is 2.69. The SMILES string of the molecule is COc1cccc([C@@H](C)NP(=O)(c2ccccc2)c2ccccc2)c1. The Morgan fingerprint density at radius 3 is 1.92 bits per heavy atom. The monoisotopic (exact) mass is 351 g/mol. The summed E-state index contributed by atoms with van der Waals surface area (Å²) >= 11 is 0. The molecule has 3 aromatic carbocycles. The molecule has 0 amide bonds. The van der Waals surface area contributed by atoms with Crippen LogP contribution in [0, 0.1) is 0 Å². The highest BCUT2D eigenvalue weighted by Gasteiger charge is 2.29. The van der Waals surface area contributed by atoms with Gasteiger partial charge in [0, 0.05) is 16.7 Å². The fourth-order valence-corrected chi connectivity index (χ4v) is 5.31. The minimum absolute atomic E-state index is 0.0960. The second kappa shape index (κ2) is 7.69. The van der Waals surface area contributed by atoms with E-state index in [1.54, 1.807) is 7.11 Å². The van der Waals surface area contributed by atoms with Gasteiger partial charge in [-0.1, -0.05) is 48.5 Å². The first-order chi connectivity index (χ1) is 12.1. The highest BCUT2D eigenvalue weighted by Crippen LogP contribution is 2.41. The molecule has 3 nitrogen and oxygen atoms in total. The van der Waals surface area contributed by atoms with Crippen molar-refractivity contribution < 1.29 is 9.30 Å². The molecule has 3 rings (SSSR count). The molecule has 3 aromatic rings. The fraction of sp³-hybridized carbons (Fsp3) is 0.143. The maximum Gasteiger partial charge on any atom is 0.205 e. The smallest absolute Gasteiger partial charge is 0.205 e. The first-order valence-electron chi connectivity index (χ1n) is 8.26. The number of ether oxygens (including phenoxy) is 1. The van der Waals surface area contributed by atoms with Crippen LogP contribution in [0.2, 0.25) is 0 Å². The first kappa shape index (κ1) is 17.5. The normalized spacial score (nSPS) is 12.6. The van der Waals surface area contributed by atoms with E-state index in [0.29, 0.717) is 0 Å². The molecule has 0 saturated carbocycles. The molecule has 0 unspecified atom stereocenters. The molecule has 0 saturated heterocycles. The Hall–Kier alpha value is -2.35. The largest absolute Gasteiger partial charge is 0.497 e. The highest BCUT2D eigenvalue weighted by atomic mass is 31.2. The van der Waals surface area contributed by atoms with E-state index in [0.717, 1.165) is 21.9 Å². The van der Waals surface area contributed by atoms with Gasteiger partial charge in [-0.15, -0.1) is 0 Å². The number of hydrogen-bond acceptors (Lipinski definition) is 2. The van der Waals surface area contributed by atoms with Gasteiger partial charge in [-0.2, -0.15) is 0 Å². The van der Waals surface area contributed by atoms with Crippen LogP contribution in [0.15, 0.2) is 84.9 Å². The summed E-state index contributed by atoms with van der Waals surface area (Å²) in [5.74, 6) is 0.792. The Bertz CT molecular complexity index is 822. The molecule has 1 atom stereocenters. The molecule has 0 aliphatic carbocycles. The zero-order valence-corrected chi connectivity index (χ0v) is 15.3. The molecule has 0 aromatic heterocycles. The van der Waals surface area contributed by atoms with E-state index in [2.05, 4.69) is 5.09 Å². The zero-order chi connectivity index (χ0) is 17.7. The van der Waals surface area contributed by atoms with Crippen molar-refractivity contribution in [3.05, 3.63) is 90.5 Å². The van der Waals surface area contributed by atoms with E-state index in [1.165, 1.54) is 0 Å². The molecule has 1 N–H and O–H groups in total. The van der Waals surface area contributed by atoms with Crippen LogP contribution in [-0.4, -0.2) is 7.11 Å². The zero-order valence-electron chi connectivity index (χ0n) is 14.4. The van der Waals surface area contributed by atoms with Crippen LogP contribution in [0.4, 0.5) is 0 Å². The lowest BCUT2D eigenvalue weighted by atomic mass is 10.1. The molecule has 0 aliphatic heterocycles. The van der Waals surface area contributed by atoms with Crippen LogP contribution in [0.1, 0.15) is 18.5 Å². The quantitative estimate of drug-likeness (QED) is 0.674. The predicted octanol–water partition coefficient (Wildman–Crippen LogP) is 4.27. The van der Waals surface area contributed by atoms with Crippen molar-refractivity contribution in [3.8, 4) is 5.75 Å². The van der Waals surface area contributed by atoms with Crippen molar-refractivity contribution >= 4 is 17.9 Å². The molecule has 25 heavy (non-hydrogen) atoms. The number of nitrogens with one attached hydrogen (secondary N) is 1. The second-order valence-electron chi connectivity index (χ2n) is 5.91. The van der Waals surface area contributed by atoms with Crippen LogP contribution in [0.3, 0.4) is 0 Å². The molecule has 0 spiro atoms. The van der Waals surface area contributed by atoms with E-state index in [-0.39, 0.29) is 6.04 Å². The third-order valence-electron chi connectivity index (χ3n) is 4.21.